The molecular formula is C13H15FN2. The van der Waals surface area contributed by atoms with Gasteiger partial charge < -0.3 is 0 Å². The molecule has 0 amide bonds. The van der Waals surface area contributed by atoms with Crippen LogP contribution < -0.4 is 0 Å². The lowest BCUT2D eigenvalue weighted by molar-refractivity contribution is 0.299. The smallest absolute Gasteiger partial charge is 0.123 e. The zero-order chi connectivity index (χ0) is 11.4. The summed E-state index contributed by atoms with van der Waals surface area (Å²) in [4.78, 5) is 2.19. The fourth-order valence-electron chi connectivity index (χ4n) is 1.89. The van der Waals surface area contributed by atoms with Crippen LogP contribution >= 0.6 is 0 Å². The molecule has 2 rings (SSSR count). The summed E-state index contributed by atoms with van der Waals surface area (Å²) in [5.41, 5.74) is 1.00. The summed E-state index contributed by atoms with van der Waals surface area (Å²) >= 11 is 0. The Hall–Kier alpha value is -1.40. The average Bonchev–Trinajstić information content (AvgIpc) is 3.08. The molecule has 0 atom stereocenters. The highest BCUT2D eigenvalue weighted by Crippen LogP contribution is 2.26. The fourth-order valence-corrected chi connectivity index (χ4v) is 1.89. The molecule has 84 valence electrons. The molecule has 1 aromatic carbocycles. The number of nitriles is 1. The van der Waals surface area contributed by atoms with Crippen molar-refractivity contribution in [2.75, 3.05) is 13.1 Å². The second-order valence-electron chi connectivity index (χ2n) is 4.24. The van der Waals surface area contributed by atoms with Crippen LogP contribution in [0.5, 0.6) is 0 Å². The predicted molar refractivity (Wildman–Crippen MR) is 60.3 cm³/mol. The highest BCUT2D eigenvalue weighted by atomic mass is 19.1. The SMILES string of the molecule is N#CCN(CCc1cccc(F)c1)C1CC1. The van der Waals surface area contributed by atoms with Crippen molar-refractivity contribution in [1.82, 2.24) is 4.90 Å². The Kier molecular flexibility index (Phi) is 3.53. The van der Waals surface area contributed by atoms with Crippen LogP contribution in [0.2, 0.25) is 0 Å². The van der Waals surface area contributed by atoms with Gasteiger partial charge in [-0.3, -0.25) is 4.90 Å². The molecule has 2 nitrogen and oxygen atoms in total. The van der Waals surface area contributed by atoms with Gasteiger partial charge in [0.25, 0.3) is 0 Å². The number of hydrogen-bond donors (Lipinski definition) is 0. The first-order chi connectivity index (χ1) is 7.79. The topological polar surface area (TPSA) is 27.0 Å². The van der Waals surface area contributed by atoms with E-state index in [1.54, 1.807) is 12.1 Å². The van der Waals surface area contributed by atoms with Crippen LogP contribution in [0.3, 0.4) is 0 Å². The summed E-state index contributed by atoms with van der Waals surface area (Å²) in [5.74, 6) is -0.184. The van der Waals surface area contributed by atoms with Crippen LogP contribution in [-0.4, -0.2) is 24.0 Å². The molecule has 0 heterocycles. The van der Waals surface area contributed by atoms with E-state index in [2.05, 4.69) is 11.0 Å². The second-order valence-corrected chi connectivity index (χ2v) is 4.24. The van der Waals surface area contributed by atoms with Crippen molar-refractivity contribution in [3.05, 3.63) is 35.6 Å². The first-order valence-electron chi connectivity index (χ1n) is 5.65. The molecule has 0 N–H and O–H groups in total. The van der Waals surface area contributed by atoms with Crippen LogP contribution in [0, 0.1) is 17.1 Å². The summed E-state index contributed by atoms with van der Waals surface area (Å²) in [7, 11) is 0. The van der Waals surface area contributed by atoms with Gasteiger partial charge in [-0.2, -0.15) is 5.26 Å². The molecule has 3 heteroatoms. The van der Waals surface area contributed by atoms with Gasteiger partial charge in [-0.1, -0.05) is 12.1 Å². The Balaban J connectivity index is 1.87. The normalized spacial score (nSPS) is 15.1. The molecule has 1 aliphatic carbocycles. The third-order valence-corrected chi connectivity index (χ3v) is 2.91. The molecule has 16 heavy (non-hydrogen) atoms. The zero-order valence-electron chi connectivity index (χ0n) is 9.19. The Bertz CT molecular complexity index is 393. The van der Waals surface area contributed by atoms with Gasteiger partial charge in [0, 0.05) is 12.6 Å². The van der Waals surface area contributed by atoms with Gasteiger partial charge in [0.05, 0.1) is 12.6 Å². The van der Waals surface area contributed by atoms with E-state index in [9.17, 15) is 4.39 Å². The van der Waals surface area contributed by atoms with E-state index in [1.807, 2.05) is 6.07 Å². The van der Waals surface area contributed by atoms with E-state index in [4.69, 9.17) is 5.26 Å². The van der Waals surface area contributed by atoms with Crippen molar-refractivity contribution < 1.29 is 4.39 Å². The Morgan fingerprint density at radius 3 is 2.88 bits per heavy atom. The Labute approximate surface area is 95.3 Å². The van der Waals surface area contributed by atoms with Gasteiger partial charge in [-0.15, -0.1) is 0 Å². The summed E-state index contributed by atoms with van der Waals surface area (Å²) in [6.45, 7) is 1.33. The summed E-state index contributed by atoms with van der Waals surface area (Å²) in [6.07, 6.45) is 3.21. The Morgan fingerprint density at radius 1 is 1.44 bits per heavy atom. The third-order valence-electron chi connectivity index (χ3n) is 2.91. The van der Waals surface area contributed by atoms with E-state index in [0.29, 0.717) is 12.6 Å². The van der Waals surface area contributed by atoms with Gasteiger partial charge in [0.15, 0.2) is 0 Å². The zero-order valence-corrected chi connectivity index (χ0v) is 9.19. The van der Waals surface area contributed by atoms with E-state index in [0.717, 1.165) is 18.5 Å². The van der Waals surface area contributed by atoms with Crippen molar-refractivity contribution in [3.8, 4) is 6.07 Å². The number of rotatable bonds is 5. The molecule has 0 radical (unpaired) electrons. The van der Waals surface area contributed by atoms with Gasteiger partial charge >= 0.3 is 0 Å². The van der Waals surface area contributed by atoms with E-state index >= 15 is 0 Å². The van der Waals surface area contributed by atoms with E-state index < -0.39 is 0 Å². The molecule has 1 aliphatic rings. The molecule has 0 spiro atoms. The minimum Gasteiger partial charge on any atom is -0.287 e. The molecule has 0 saturated heterocycles. The van der Waals surface area contributed by atoms with Crippen LogP contribution in [0.4, 0.5) is 4.39 Å². The molecular weight excluding hydrogens is 203 g/mol. The van der Waals surface area contributed by atoms with Gasteiger partial charge in [-0.25, -0.2) is 4.39 Å². The lowest BCUT2D eigenvalue weighted by Crippen LogP contribution is -2.28. The van der Waals surface area contributed by atoms with Crippen LogP contribution in [-0.2, 0) is 6.42 Å². The first kappa shape index (κ1) is 11.1. The summed E-state index contributed by atoms with van der Waals surface area (Å²) in [6, 6.07) is 9.47. The van der Waals surface area contributed by atoms with Gasteiger partial charge in [0.2, 0.25) is 0 Å². The largest absolute Gasteiger partial charge is 0.287 e. The quantitative estimate of drug-likeness (QED) is 0.709. The van der Waals surface area contributed by atoms with Crippen LogP contribution in [0.25, 0.3) is 0 Å². The monoisotopic (exact) mass is 218 g/mol. The lowest BCUT2D eigenvalue weighted by atomic mass is 10.1. The maximum Gasteiger partial charge on any atom is 0.123 e. The van der Waals surface area contributed by atoms with Crippen molar-refractivity contribution in [2.45, 2.75) is 25.3 Å². The van der Waals surface area contributed by atoms with Crippen LogP contribution in [0.15, 0.2) is 24.3 Å². The maximum atomic E-state index is 12.9. The van der Waals surface area contributed by atoms with Gasteiger partial charge in [-0.05, 0) is 37.0 Å². The molecule has 1 aromatic rings. The molecule has 0 unspecified atom stereocenters. The lowest BCUT2D eigenvalue weighted by Gasteiger charge is -2.17. The van der Waals surface area contributed by atoms with Gasteiger partial charge in [0.1, 0.15) is 5.82 Å². The van der Waals surface area contributed by atoms with Crippen molar-refractivity contribution >= 4 is 0 Å². The Morgan fingerprint density at radius 2 is 2.25 bits per heavy atom. The average molecular weight is 218 g/mol. The third kappa shape index (κ3) is 3.04. The maximum absolute atomic E-state index is 12.9. The highest BCUT2D eigenvalue weighted by molar-refractivity contribution is 5.16. The molecule has 1 fully saturated rings. The van der Waals surface area contributed by atoms with Crippen molar-refractivity contribution in [1.29, 1.82) is 5.26 Å². The summed E-state index contributed by atoms with van der Waals surface area (Å²) in [5, 5.41) is 8.70. The minimum absolute atomic E-state index is 0.184. The molecule has 1 saturated carbocycles. The second kappa shape index (κ2) is 5.09. The predicted octanol–water partition coefficient (Wildman–Crippen LogP) is 2.36. The number of hydrogen-bond acceptors (Lipinski definition) is 2. The molecule has 0 aromatic heterocycles. The van der Waals surface area contributed by atoms with E-state index in [1.165, 1.54) is 18.9 Å². The minimum atomic E-state index is -0.184. The standard InChI is InChI=1S/C13H15FN2/c14-12-3-1-2-11(10-12)6-8-16(9-7-15)13-4-5-13/h1-3,10,13H,4-6,8-9H2. The van der Waals surface area contributed by atoms with E-state index in [-0.39, 0.29) is 5.82 Å². The molecule has 0 aliphatic heterocycles. The highest BCUT2D eigenvalue weighted by Gasteiger charge is 2.28. The summed E-state index contributed by atoms with van der Waals surface area (Å²) < 4.78 is 12.9. The number of halogens is 1. The number of benzene rings is 1. The first-order valence-corrected chi connectivity index (χ1v) is 5.65. The molecule has 0 bridgehead atoms. The van der Waals surface area contributed by atoms with Crippen LogP contribution in [0.1, 0.15) is 18.4 Å². The van der Waals surface area contributed by atoms with Crippen molar-refractivity contribution in [3.63, 3.8) is 0 Å². The van der Waals surface area contributed by atoms with Crippen molar-refractivity contribution in [2.24, 2.45) is 0 Å². The number of nitrogens with zero attached hydrogens (tertiary/aromatic N) is 2. The fraction of sp³-hybridized carbons (Fsp3) is 0.462.